The van der Waals surface area contributed by atoms with E-state index >= 15 is 0 Å². The summed E-state index contributed by atoms with van der Waals surface area (Å²) in [4.78, 5) is 31.4. The number of alkyl halides is 2. The number of rotatable bonds is 9. The minimum absolute atomic E-state index is 0.0357. The highest BCUT2D eigenvalue weighted by molar-refractivity contribution is 6.30. The SMILES string of the molecule is O=C(COc1ccc(Cl)c(F)c1)NC12CC(NC(=O)COc3cnc(C(F)F)cn3)(C1)C2. The van der Waals surface area contributed by atoms with Crippen LogP contribution in [0.1, 0.15) is 31.4 Å². The van der Waals surface area contributed by atoms with Gasteiger partial charge in [0.15, 0.2) is 13.2 Å². The molecule has 3 aliphatic rings. The Morgan fingerprint density at radius 2 is 1.66 bits per heavy atom. The number of hydrogen-bond acceptors (Lipinski definition) is 6. The molecule has 0 saturated heterocycles. The third-order valence-electron chi connectivity index (χ3n) is 5.32. The highest BCUT2D eigenvalue weighted by Gasteiger charge is 2.69. The maximum absolute atomic E-state index is 13.4. The van der Waals surface area contributed by atoms with Gasteiger partial charge in [0.1, 0.15) is 17.3 Å². The first-order chi connectivity index (χ1) is 15.2. The van der Waals surface area contributed by atoms with Crippen molar-refractivity contribution in [2.75, 3.05) is 13.2 Å². The van der Waals surface area contributed by atoms with E-state index in [2.05, 4.69) is 20.6 Å². The molecule has 0 spiro atoms. The molecule has 5 rings (SSSR count). The fourth-order valence-electron chi connectivity index (χ4n) is 4.09. The molecule has 2 amide bonds. The van der Waals surface area contributed by atoms with E-state index in [1.54, 1.807) is 0 Å². The minimum Gasteiger partial charge on any atom is -0.484 e. The predicted molar refractivity (Wildman–Crippen MR) is 105 cm³/mol. The molecule has 3 fully saturated rings. The van der Waals surface area contributed by atoms with E-state index in [9.17, 15) is 22.8 Å². The van der Waals surface area contributed by atoms with E-state index in [0.29, 0.717) is 19.3 Å². The summed E-state index contributed by atoms with van der Waals surface area (Å²) in [7, 11) is 0. The average molecular weight is 471 g/mol. The van der Waals surface area contributed by atoms with Crippen LogP contribution in [0.5, 0.6) is 11.6 Å². The van der Waals surface area contributed by atoms with Crippen LogP contribution in [0.4, 0.5) is 13.2 Å². The second-order valence-corrected chi connectivity index (χ2v) is 8.33. The lowest BCUT2D eigenvalue weighted by molar-refractivity contribution is -0.151. The van der Waals surface area contributed by atoms with Crippen molar-refractivity contribution < 1.29 is 32.2 Å². The van der Waals surface area contributed by atoms with Crippen LogP contribution in [-0.2, 0) is 9.59 Å². The molecular formula is C20H18ClF3N4O4. The van der Waals surface area contributed by atoms with Crippen LogP contribution in [0, 0.1) is 5.82 Å². The van der Waals surface area contributed by atoms with Gasteiger partial charge in [-0.2, -0.15) is 0 Å². The zero-order valence-corrected chi connectivity index (χ0v) is 17.3. The lowest BCUT2D eigenvalue weighted by atomic mass is 9.44. The summed E-state index contributed by atoms with van der Waals surface area (Å²) in [5.41, 5.74) is -1.27. The van der Waals surface area contributed by atoms with E-state index < -0.39 is 34.9 Å². The molecule has 2 N–H and O–H groups in total. The van der Waals surface area contributed by atoms with Gasteiger partial charge in [-0.15, -0.1) is 0 Å². The van der Waals surface area contributed by atoms with Crippen molar-refractivity contribution in [3.63, 3.8) is 0 Å². The standard InChI is InChI=1S/C20H18ClF3N4O4/c21-12-2-1-11(3-13(12)22)31-6-15(29)27-19-8-20(9-19,10-19)28-16(30)7-32-17-5-25-14(4-26-17)18(23)24/h1-5,18H,6-10H2,(H,27,29)(H,28,30). The topological polar surface area (TPSA) is 102 Å². The van der Waals surface area contributed by atoms with Gasteiger partial charge < -0.3 is 20.1 Å². The molecule has 3 aliphatic carbocycles. The molecule has 0 unspecified atom stereocenters. The van der Waals surface area contributed by atoms with Gasteiger partial charge in [-0.25, -0.2) is 23.1 Å². The number of hydrogen-bond donors (Lipinski definition) is 2. The van der Waals surface area contributed by atoms with Crippen molar-refractivity contribution in [1.82, 2.24) is 20.6 Å². The maximum atomic E-state index is 13.4. The summed E-state index contributed by atoms with van der Waals surface area (Å²) in [6, 6.07) is 3.90. The average Bonchev–Trinajstić information content (AvgIpc) is 2.71. The smallest absolute Gasteiger partial charge is 0.281 e. The van der Waals surface area contributed by atoms with Crippen molar-refractivity contribution in [2.45, 2.75) is 36.8 Å². The zero-order chi connectivity index (χ0) is 22.9. The van der Waals surface area contributed by atoms with Crippen LogP contribution in [0.3, 0.4) is 0 Å². The summed E-state index contributed by atoms with van der Waals surface area (Å²) in [5.74, 6) is -1.22. The highest BCUT2D eigenvalue weighted by atomic mass is 35.5. The Bertz CT molecular complexity index is 1020. The van der Waals surface area contributed by atoms with Crippen LogP contribution in [0.25, 0.3) is 0 Å². The summed E-state index contributed by atoms with van der Waals surface area (Å²) in [5, 5.41) is 5.70. The third kappa shape index (κ3) is 4.72. The molecule has 2 aromatic rings. The van der Waals surface area contributed by atoms with Gasteiger partial charge in [0.2, 0.25) is 5.88 Å². The van der Waals surface area contributed by atoms with Crippen molar-refractivity contribution in [2.24, 2.45) is 0 Å². The fraction of sp³-hybridized carbons (Fsp3) is 0.400. The molecule has 3 saturated carbocycles. The summed E-state index contributed by atoms with van der Waals surface area (Å²) in [6.45, 7) is -0.614. The van der Waals surface area contributed by atoms with E-state index in [0.717, 1.165) is 18.5 Å². The number of halogens is 4. The summed E-state index contributed by atoms with van der Waals surface area (Å²) >= 11 is 5.60. The van der Waals surface area contributed by atoms with E-state index in [1.807, 2.05) is 0 Å². The van der Waals surface area contributed by atoms with E-state index in [4.69, 9.17) is 21.1 Å². The second kappa shape index (κ2) is 8.45. The number of amides is 2. The first-order valence-corrected chi connectivity index (χ1v) is 9.98. The van der Waals surface area contributed by atoms with Gasteiger partial charge in [-0.05, 0) is 31.4 Å². The fourth-order valence-corrected chi connectivity index (χ4v) is 4.20. The Morgan fingerprint density at radius 1 is 1.03 bits per heavy atom. The molecule has 32 heavy (non-hydrogen) atoms. The number of aromatic nitrogens is 2. The van der Waals surface area contributed by atoms with E-state index in [-0.39, 0.29) is 35.8 Å². The van der Waals surface area contributed by atoms with Crippen LogP contribution < -0.4 is 20.1 Å². The Labute approximate surface area is 185 Å². The van der Waals surface area contributed by atoms with Gasteiger partial charge in [0.25, 0.3) is 18.2 Å². The summed E-state index contributed by atoms with van der Waals surface area (Å²) in [6.07, 6.45) is 0.880. The molecule has 2 bridgehead atoms. The first kappa shape index (κ1) is 22.1. The Hall–Kier alpha value is -3.08. The first-order valence-electron chi connectivity index (χ1n) is 9.60. The van der Waals surface area contributed by atoms with Crippen molar-refractivity contribution >= 4 is 23.4 Å². The number of nitrogens with zero attached hydrogens (tertiary/aromatic N) is 2. The van der Waals surface area contributed by atoms with Crippen LogP contribution in [0.2, 0.25) is 5.02 Å². The predicted octanol–water partition coefficient (Wildman–Crippen LogP) is 2.57. The van der Waals surface area contributed by atoms with Crippen molar-refractivity contribution in [1.29, 1.82) is 0 Å². The largest absolute Gasteiger partial charge is 0.484 e. The van der Waals surface area contributed by atoms with Crippen LogP contribution in [0.15, 0.2) is 30.6 Å². The number of benzene rings is 1. The van der Waals surface area contributed by atoms with Crippen LogP contribution in [-0.4, -0.2) is 46.1 Å². The quantitative estimate of drug-likeness (QED) is 0.584. The van der Waals surface area contributed by atoms with Crippen molar-refractivity contribution in [3.8, 4) is 11.6 Å². The molecule has 0 atom stereocenters. The number of carbonyl (C=O) groups is 2. The second-order valence-electron chi connectivity index (χ2n) is 7.92. The molecular weight excluding hydrogens is 453 g/mol. The molecule has 1 aromatic heterocycles. The van der Waals surface area contributed by atoms with Gasteiger partial charge >= 0.3 is 0 Å². The maximum Gasteiger partial charge on any atom is 0.281 e. The highest BCUT2D eigenvalue weighted by Crippen LogP contribution is 2.60. The molecule has 0 aliphatic heterocycles. The number of carbonyl (C=O) groups excluding carboxylic acids is 2. The lowest BCUT2D eigenvalue weighted by Crippen LogP contribution is -2.84. The van der Waals surface area contributed by atoms with E-state index in [1.165, 1.54) is 12.1 Å². The molecule has 8 nitrogen and oxygen atoms in total. The Kier molecular flexibility index (Phi) is 5.85. The van der Waals surface area contributed by atoms with Gasteiger partial charge in [0.05, 0.1) is 17.4 Å². The molecule has 1 heterocycles. The monoisotopic (exact) mass is 470 g/mol. The lowest BCUT2D eigenvalue weighted by Gasteiger charge is -2.70. The van der Waals surface area contributed by atoms with Gasteiger partial charge in [0, 0.05) is 17.1 Å². The molecule has 12 heteroatoms. The Morgan fingerprint density at radius 3 is 2.19 bits per heavy atom. The summed E-state index contributed by atoms with van der Waals surface area (Å²) < 4.78 is 48.7. The zero-order valence-electron chi connectivity index (χ0n) is 16.5. The number of ether oxygens (including phenoxy) is 2. The molecule has 0 radical (unpaired) electrons. The van der Waals surface area contributed by atoms with Crippen LogP contribution >= 0.6 is 11.6 Å². The van der Waals surface area contributed by atoms with Crippen molar-refractivity contribution in [3.05, 3.63) is 47.1 Å². The van der Waals surface area contributed by atoms with Gasteiger partial charge in [-0.3, -0.25) is 9.59 Å². The Balaban J connectivity index is 1.16. The normalized spacial score (nSPS) is 23.0. The minimum atomic E-state index is -2.73. The van der Waals surface area contributed by atoms with Gasteiger partial charge in [-0.1, -0.05) is 11.6 Å². The third-order valence-corrected chi connectivity index (χ3v) is 5.63. The molecule has 1 aromatic carbocycles. The molecule has 170 valence electrons. The number of nitrogens with one attached hydrogen (secondary N) is 2.